The summed E-state index contributed by atoms with van der Waals surface area (Å²) in [5, 5.41) is 4.24. The zero-order valence-electron chi connectivity index (χ0n) is 16.6. The first-order valence-corrected chi connectivity index (χ1v) is 9.94. The van der Waals surface area contributed by atoms with E-state index in [4.69, 9.17) is 14.2 Å². The lowest BCUT2D eigenvalue weighted by Gasteiger charge is -2.23. The molecule has 4 rings (SSSR count). The maximum atomic E-state index is 12.4. The molecule has 0 atom stereocenters. The number of carbonyl (C=O) groups excluding carboxylic acids is 1. The number of nitrogens with one attached hydrogen (secondary N) is 2. The molecule has 0 radical (unpaired) electrons. The average molecular weight is 396 g/mol. The molecule has 2 N–H and O–H groups in total. The molecule has 0 unspecified atom stereocenters. The molecule has 1 amide bonds. The molecular formula is C22H26N3O4+. The Hall–Kier alpha value is -2.90. The molecule has 2 aromatic carbocycles. The highest BCUT2D eigenvalue weighted by Crippen LogP contribution is 2.30. The molecule has 2 aliphatic rings. The highest BCUT2D eigenvalue weighted by Gasteiger charge is 2.15. The number of carbonyl (C=O) groups is 1. The molecule has 0 spiro atoms. The summed E-state index contributed by atoms with van der Waals surface area (Å²) in [6.45, 7) is 7.57. The second-order valence-corrected chi connectivity index (χ2v) is 7.23. The van der Waals surface area contributed by atoms with Crippen LogP contribution in [0.3, 0.4) is 0 Å². The van der Waals surface area contributed by atoms with E-state index in [0.29, 0.717) is 30.2 Å². The third-order valence-electron chi connectivity index (χ3n) is 5.16. The number of hydrazone groups is 1. The standard InChI is InChI=1S/C22H25N3O4/c1-16(19-6-7-20-21(14-19)29-13-12-28-20)23-24-22(26)18-4-2-17(3-5-18)15-25-8-10-27-11-9-25/h2-7,14H,8-13,15H2,1H3,(H,24,26)/p+1/b23-16-. The predicted octanol–water partition coefficient (Wildman–Crippen LogP) is 1.03. The van der Waals surface area contributed by atoms with Gasteiger partial charge >= 0.3 is 0 Å². The first kappa shape index (κ1) is 19.4. The van der Waals surface area contributed by atoms with E-state index >= 15 is 0 Å². The number of benzene rings is 2. The number of morpholine rings is 1. The van der Waals surface area contributed by atoms with E-state index in [1.807, 2.05) is 49.4 Å². The van der Waals surface area contributed by atoms with Gasteiger partial charge in [-0.25, -0.2) is 5.43 Å². The van der Waals surface area contributed by atoms with E-state index in [0.717, 1.165) is 44.2 Å². The van der Waals surface area contributed by atoms with Crippen molar-refractivity contribution in [2.45, 2.75) is 13.5 Å². The van der Waals surface area contributed by atoms with Gasteiger partial charge in [0.1, 0.15) is 32.8 Å². The molecule has 0 aromatic heterocycles. The van der Waals surface area contributed by atoms with Crippen LogP contribution in [0.15, 0.2) is 47.6 Å². The molecule has 152 valence electrons. The number of hydrogen-bond donors (Lipinski definition) is 2. The molecule has 2 aromatic rings. The van der Waals surface area contributed by atoms with Crippen molar-refractivity contribution in [2.24, 2.45) is 5.10 Å². The minimum Gasteiger partial charge on any atom is -0.486 e. The number of amides is 1. The Morgan fingerprint density at radius 3 is 2.41 bits per heavy atom. The maximum Gasteiger partial charge on any atom is 0.271 e. The van der Waals surface area contributed by atoms with Crippen LogP contribution in [0, 0.1) is 0 Å². The minimum absolute atomic E-state index is 0.229. The van der Waals surface area contributed by atoms with Gasteiger partial charge in [-0.2, -0.15) is 5.10 Å². The second kappa shape index (κ2) is 9.07. The first-order chi connectivity index (χ1) is 14.2. The fourth-order valence-corrected chi connectivity index (χ4v) is 3.43. The summed E-state index contributed by atoms with van der Waals surface area (Å²) in [7, 11) is 0. The largest absolute Gasteiger partial charge is 0.486 e. The zero-order chi connectivity index (χ0) is 20.1. The van der Waals surface area contributed by atoms with Gasteiger partial charge in [0.05, 0.1) is 18.9 Å². The molecule has 0 aliphatic carbocycles. The number of rotatable bonds is 5. The van der Waals surface area contributed by atoms with Crippen LogP contribution in [0.5, 0.6) is 11.5 Å². The van der Waals surface area contributed by atoms with Crippen LogP contribution in [-0.4, -0.2) is 51.1 Å². The predicted molar refractivity (Wildman–Crippen MR) is 109 cm³/mol. The fourth-order valence-electron chi connectivity index (χ4n) is 3.43. The Balaban J connectivity index is 1.36. The first-order valence-electron chi connectivity index (χ1n) is 9.94. The second-order valence-electron chi connectivity index (χ2n) is 7.23. The van der Waals surface area contributed by atoms with E-state index < -0.39 is 0 Å². The van der Waals surface area contributed by atoms with Gasteiger partial charge in [-0.15, -0.1) is 0 Å². The fraction of sp³-hybridized carbons (Fsp3) is 0.364. The third kappa shape index (κ3) is 4.93. The average Bonchev–Trinajstić information content (AvgIpc) is 2.78. The van der Waals surface area contributed by atoms with Gasteiger partial charge in [-0.1, -0.05) is 12.1 Å². The van der Waals surface area contributed by atoms with Crippen molar-refractivity contribution in [3.05, 3.63) is 59.2 Å². The lowest BCUT2D eigenvalue weighted by atomic mass is 10.1. The summed E-state index contributed by atoms with van der Waals surface area (Å²) in [5.41, 5.74) is 6.01. The minimum atomic E-state index is -0.229. The van der Waals surface area contributed by atoms with Crippen LogP contribution in [0.25, 0.3) is 0 Å². The monoisotopic (exact) mass is 396 g/mol. The van der Waals surface area contributed by atoms with Gasteiger partial charge in [0.15, 0.2) is 11.5 Å². The van der Waals surface area contributed by atoms with E-state index in [2.05, 4.69) is 10.5 Å². The summed E-state index contributed by atoms with van der Waals surface area (Å²) in [6, 6.07) is 13.4. The lowest BCUT2D eigenvalue weighted by Crippen LogP contribution is -3.12. The van der Waals surface area contributed by atoms with Crippen LogP contribution < -0.4 is 19.8 Å². The van der Waals surface area contributed by atoms with Gasteiger partial charge in [-0.05, 0) is 37.3 Å². The summed E-state index contributed by atoms with van der Waals surface area (Å²) >= 11 is 0. The number of nitrogens with zero attached hydrogens (tertiary/aromatic N) is 1. The van der Waals surface area contributed by atoms with E-state index in [-0.39, 0.29) is 5.91 Å². The van der Waals surface area contributed by atoms with Crippen molar-refractivity contribution >= 4 is 11.6 Å². The third-order valence-corrected chi connectivity index (χ3v) is 5.16. The molecule has 0 bridgehead atoms. The molecule has 2 aliphatic heterocycles. The summed E-state index contributed by atoms with van der Waals surface area (Å²) in [6.07, 6.45) is 0. The Bertz CT molecular complexity index is 889. The van der Waals surface area contributed by atoms with Crippen LogP contribution >= 0.6 is 0 Å². The van der Waals surface area contributed by atoms with Gasteiger partial charge in [-0.3, -0.25) is 4.79 Å². The highest BCUT2D eigenvalue weighted by molar-refractivity contribution is 6.01. The normalized spacial score (nSPS) is 17.1. The highest BCUT2D eigenvalue weighted by atomic mass is 16.6. The van der Waals surface area contributed by atoms with Crippen molar-refractivity contribution in [1.82, 2.24) is 5.43 Å². The van der Waals surface area contributed by atoms with Crippen molar-refractivity contribution in [3.63, 3.8) is 0 Å². The molecule has 29 heavy (non-hydrogen) atoms. The Kier molecular flexibility index (Phi) is 6.07. The number of quaternary nitrogens is 1. The summed E-state index contributed by atoms with van der Waals surface area (Å²) in [5.74, 6) is 1.20. The Morgan fingerprint density at radius 2 is 1.66 bits per heavy atom. The quantitative estimate of drug-likeness (QED) is 0.585. The number of hydrogen-bond acceptors (Lipinski definition) is 5. The molecular weight excluding hydrogens is 370 g/mol. The topological polar surface area (TPSA) is 73.6 Å². The van der Waals surface area contributed by atoms with Crippen LogP contribution in [0.2, 0.25) is 0 Å². The molecule has 7 nitrogen and oxygen atoms in total. The summed E-state index contributed by atoms with van der Waals surface area (Å²) < 4.78 is 16.5. The van der Waals surface area contributed by atoms with Crippen molar-refractivity contribution in [2.75, 3.05) is 39.5 Å². The lowest BCUT2D eigenvalue weighted by molar-refractivity contribution is -0.921. The van der Waals surface area contributed by atoms with Gasteiger partial charge < -0.3 is 19.1 Å². The molecule has 2 heterocycles. The SMILES string of the molecule is C/C(=N/NC(=O)c1ccc(C[NH+]2CCOCC2)cc1)c1ccc2c(c1)OCCO2. The van der Waals surface area contributed by atoms with Crippen molar-refractivity contribution < 1.29 is 23.9 Å². The van der Waals surface area contributed by atoms with E-state index in [1.165, 1.54) is 10.5 Å². The van der Waals surface area contributed by atoms with Crippen molar-refractivity contribution in [3.8, 4) is 11.5 Å². The van der Waals surface area contributed by atoms with Crippen molar-refractivity contribution in [1.29, 1.82) is 0 Å². The van der Waals surface area contributed by atoms with E-state index in [1.54, 1.807) is 0 Å². The maximum absolute atomic E-state index is 12.4. The van der Waals surface area contributed by atoms with Gasteiger partial charge in [0.25, 0.3) is 5.91 Å². The molecule has 1 saturated heterocycles. The smallest absolute Gasteiger partial charge is 0.271 e. The Labute approximate surface area is 170 Å². The molecule has 0 saturated carbocycles. The van der Waals surface area contributed by atoms with Gasteiger partial charge in [0, 0.05) is 16.7 Å². The number of fused-ring (bicyclic) bond motifs is 1. The number of ether oxygens (including phenoxy) is 3. The van der Waals surface area contributed by atoms with Crippen LogP contribution in [0.4, 0.5) is 0 Å². The molecule has 1 fully saturated rings. The van der Waals surface area contributed by atoms with Gasteiger partial charge in [0.2, 0.25) is 0 Å². The van der Waals surface area contributed by atoms with Crippen LogP contribution in [-0.2, 0) is 11.3 Å². The Morgan fingerprint density at radius 1 is 0.966 bits per heavy atom. The molecule has 7 heteroatoms. The van der Waals surface area contributed by atoms with Crippen LogP contribution in [0.1, 0.15) is 28.4 Å². The zero-order valence-corrected chi connectivity index (χ0v) is 16.6. The summed E-state index contributed by atoms with van der Waals surface area (Å²) in [4.78, 5) is 13.9. The van der Waals surface area contributed by atoms with E-state index in [9.17, 15) is 4.79 Å².